The van der Waals surface area contributed by atoms with Crippen molar-refractivity contribution in [3.05, 3.63) is 35.9 Å². The highest BCUT2D eigenvalue weighted by atomic mass is 19.1. The number of rotatable bonds is 7. The molecule has 2 aliphatic carbocycles. The predicted molar refractivity (Wildman–Crippen MR) is 123 cm³/mol. The molecule has 2 N–H and O–H groups in total. The summed E-state index contributed by atoms with van der Waals surface area (Å²) in [5.41, 5.74) is 4.28. The van der Waals surface area contributed by atoms with E-state index in [1.807, 2.05) is 11.0 Å². The molecule has 1 aromatic carbocycles. The van der Waals surface area contributed by atoms with Crippen LogP contribution in [0.25, 0.3) is 0 Å². The third kappa shape index (κ3) is 3.89. The van der Waals surface area contributed by atoms with Gasteiger partial charge in [-0.3, -0.25) is 9.69 Å². The number of halogens is 1. The van der Waals surface area contributed by atoms with Crippen LogP contribution in [-0.4, -0.2) is 71.6 Å². The van der Waals surface area contributed by atoms with Crippen LogP contribution in [0.1, 0.15) is 57.9 Å². The van der Waals surface area contributed by atoms with Crippen LogP contribution in [0.3, 0.4) is 0 Å². The molecular formula is C25H37FN4O2. The van der Waals surface area contributed by atoms with Crippen LogP contribution < -0.4 is 5.73 Å². The van der Waals surface area contributed by atoms with Crippen molar-refractivity contribution in [2.45, 2.75) is 69.1 Å². The maximum Gasteiger partial charge on any atom is 0.320 e. The molecule has 1 spiro atoms. The summed E-state index contributed by atoms with van der Waals surface area (Å²) in [7, 11) is 4.23. The molecule has 1 heterocycles. The number of alkyl halides is 1. The van der Waals surface area contributed by atoms with Gasteiger partial charge in [0.15, 0.2) is 0 Å². The standard InChI is InChI=1S/C25H37FN4O2/c1-22(2,20(27)31)16-29-18-24(30(21(29)32)17-23(26)10-11-23)12-14-25(15-13-24,28(3)4)19-8-6-5-7-9-19/h5-9H,10-18H2,1-4H3,(H2,27,31)/t24-,25-. The maximum atomic E-state index is 14.9. The molecule has 4 rings (SSSR count). The van der Waals surface area contributed by atoms with Gasteiger partial charge in [-0.1, -0.05) is 30.3 Å². The molecule has 1 aromatic rings. The molecular weight excluding hydrogens is 407 g/mol. The highest BCUT2D eigenvalue weighted by molar-refractivity contribution is 5.83. The lowest BCUT2D eigenvalue weighted by Crippen LogP contribution is -2.56. The minimum Gasteiger partial charge on any atom is -0.369 e. The second-order valence-corrected chi connectivity index (χ2v) is 11.1. The third-order valence-electron chi connectivity index (χ3n) is 8.22. The molecule has 3 fully saturated rings. The fraction of sp³-hybridized carbons (Fsp3) is 0.680. The Balaban J connectivity index is 1.61. The minimum atomic E-state index is -1.26. The first kappa shape index (κ1) is 23.0. The smallest absolute Gasteiger partial charge is 0.320 e. The lowest BCUT2D eigenvalue weighted by atomic mass is 9.68. The summed E-state index contributed by atoms with van der Waals surface area (Å²) in [5, 5.41) is 0. The van der Waals surface area contributed by atoms with Crippen LogP contribution in [0.2, 0.25) is 0 Å². The molecule has 1 aliphatic heterocycles. The van der Waals surface area contributed by atoms with E-state index in [0.717, 1.165) is 25.7 Å². The molecule has 0 unspecified atom stereocenters. The molecule has 1 saturated heterocycles. The van der Waals surface area contributed by atoms with Gasteiger partial charge in [0.1, 0.15) is 5.67 Å². The van der Waals surface area contributed by atoms with E-state index in [1.54, 1.807) is 18.7 Å². The summed E-state index contributed by atoms with van der Waals surface area (Å²) in [4.78, 5) is 31.2. The van der Waals surface area contributed by atoms with Crippen LogP contribution >= 0.6 is 0 Å². The average molecular weight is 445 g/mol. The SMILES string of the molecule is CN(C)[C@]1(c2ccccc2)CC[C@@]2(CC1)CN(CC(C)(C)C(N)=O)C(=O)N2CC1(F)CC1. The summed E-state index contributed by atoms with van der Waals surface area (Å²) in [5.74, 6) is -0.429. The van der Waals surface area contributed by atoms with Gasteiger partial charge in [-0.15, -0.1) is 0 Å². The van der Waals surface area contributed by atoms with E-state index in [4.69, 9.17) is 5.73 Å². The highest BCUT2D eigenvalue weighted by Gasteiger charge is 2.58. The zero-order valence-electron chi connectivity index (χ0n) is 19.9. The number of amides is 3. The fourth-order valence-corrected chi connectivity index (χ4v) is 5.67. The molecule has 0 radical (unpaired) electrons. The van der Waals surface area contributed by atoms with E-state index < -0.39 is 22.5 Å². The number of hydrogen-bond donors (Lipinski definition) is 1. The van der Waals surface area contributed by atoms with Crippen LogP contribution in [0.5, 0.6) is 0 Å². The van der Waals surface area contributed by atoms with E-state index in [1.165, 1.54) is 5.56 Å². The zero-order chi connectivity index (χ0) is 23.4. The first-order chi connectivity index (χ1) is 14.9. The van der Waals surface area contributed by atoms with Crippen molar-refractivity contribution in [1.82, 2.24) is 14.7 Å². The van der Waals surface area contributed by atoms with Crippen LogP contribution in [0.15, 0.2) is 30.3 Å². The van der Waals surface area contributed by atoms with E-state index in [9.17, 15) is 14.0 Å². The lowest BCUT2D eigenvalue weighted by Gasteiger charge is -2.51. The van der Waals surface area contributed by atoms with Gasteiger partial charge >= 0.3 is 6.03 Å². The zero-order valence-corrected chi connectivity index (χ0v) is 19.9. The van der Waals surface area contributed by atoms with Gasteiger partial charge in [-0.2, -0.15) is 0 Å². The Bertz CT molecular complexity index is 873. The summed E-state index contributed by atoms with van der Waals surface area (Å²) >= 11 is 0. The third-order valence-corrected chi connectivity index (χ3v) is 8.22. The number of nitrogens with two attached hydrogens (primary N) is 1. The molecule has 2 saturated carbocycles. The van der Waals surface area contributed by atoms with Crippen molar-refractivity contribution in [3.8, 4) is 0 Å². The Labute approximate surface area is 190 Å². The number of urea groups is 1. The van der Waals surface area contributed by atoms with Gasteiger partial charge in [0.2, 0.25) is 5.91 Å². The Morgan fingerprint density at radius 1 is 1.09 bits per heavy atom. The van der Waals surface area contributed by atoms with Gasteiger partial charge in [0.05, 0.1) is 17.5 Å². The molecule has 0 aromatic heterocycles. The van der Waals surface area contributed by atoms with Gasteiger partial charge in [-0.05, 0) is 72.0 Å². The largest absolute Gasteiger partial charge is 0.369 e. The number of primary amides is 1. The van der Waals surface area contributed by atoms with Crippen LogP contribution in [-0.2, 0) is 10.3 Å². The highest BCUT2D eigenvalue weighted by Crippen LogP contribution is 2.51. The van der Waals surface area contributed by atoms with Crippen molar-refractivity contribution in [2.24, 2.45) is 11.1 Å². The number of benzene rings is 1. The quantitative estimate of drug-likeness (QED) is 0.700. The Morgan fingerprint density at radius 2 is 1.69 bits per heavy atom. The second-order valence-electron chi connectivity index (χ2n) is 11.1. The Morgan fingerprint density at radius 3 is 2.19 bits per heavy atom. The van der Waals surface area contributed by atoms with E-state index >= 15 is 0 Å². The predicted octanol–water partition coefficient (Wildman–Crippen LogP) is 3.51. The minimum absolute atomic E-state index is 0.103. The van der Waals surface area contributed by atoms with Crippen molar-refractivity contribution >= 4 is 11.9 Å². The molecule has 32 heavy (non-hydrogen) atoms. The van der Waals surface area contributed by atoms with E-state index in [-0.39, 0.29) is 24.7 Å². The molecule has 0 atom stereocenters. The molecule has 176 valence electrons. The molecule has 6 nitrogen and oxygen atoms in total. The lowest BCUT2D eigenvalue weighted by molar-refractivity contribution is -0.126. The normalized spacial score (nSPS) is 29.8. The van der Waals surface area contributed by atoms with Crippen molar-refractivity contribution in [1.29, 1.82) is 0 Å². The molecule has 7 heteroatoms. The Hall–Kier alpha value is -2.15. The summed E-state index contributed by atoms with van der Waals surface area (Å²) in [6.07, 6.45) is 4.42. The van der Waals surface area contributed by atoms with Crippen molar-refractivity contribution in [3.63, 3.8) is 0 Å². The molecule has 0 bridgehead atoms. The number of hydrogen-bond acceptors (Lipinski definition) is 3. The van der Waals surface area contributed by atoms with Crippen molar-refractivity contribution < 1.29 is 14.0 Å². The fourth-order valence-electron chi connectivity index (χ4n) is 5.67. The summed E-state index contributed by atoms with van der Waals surface area (Å²) in [6.45, 7) is 4.47. The van der Waals surface area contributed by atoms with Crippen LogP contribution in [0, 0.1) is 5.41 Å². The number of nitrogens with zero attached hydrogens (tertiary/aromatic N) is 3. The summed E-state index contributed by atoms with van der Waals surface area (Å²) < 4.78 is 14.9. The Kier molecular flexibility index (Phi) is 5.55. The number of carbonyl (C=O) groups is 2. The van der Waals surface area contributed by atoms with Gasteiger partial charge in [-0.25, -0.2) is 9.18 Å². The van der Waals surface area contributed by atoms with Gasteiger partial charge in [0, 0.05) is 18.6 Å². The number of carbonyl (C=O) groups excluding carboxylic acids is 2. The maximum absolute atomic E-state index is 14.9. The van der Waals surface area contributed by atoms with Gasteiger partial charge < -0.3 is 15.5 Å². The van der Waals surface area contributed by atoms with E-state index in [2.05, 4.69) is 43.3 Å². The van der Waals surface area contributed by atoms with Gasteiger partial charge in [0.25, 0.3) is 0 Å². The monoisotopic (exact) mass is 444 g/mol. The first-order valence-electron chi connectivity index (χ1n) is 11.7. The molecule has 3 amide bonds. The van der Waals surface area contributed by atoms with Crippen LogP contribution in [0.4, 0.5) is 9.18 Å². The van der Waals surface area contributed by atoms with Crippen molar-refractivity contribution in [2.75, 3.05) is 33.7 Å². The average Bonchev–Trinajstić information content (AvgIpc) is 3.43. The second kappa shape index (κ2) is 7.72. The topological polar surface area (TPSA) is 69.9 Å². The van der Waals surface area contributed by atoms with E-state index in [0.29, 0.717) is 19.4 Å². The summed E-state index contributed by atoms with van der Waals surface area (Å²) in [6, 6.07) is 10.4. The molecule has 3 aliphatic rings. The first-order valence-corrected chi connectivity index (χ1v) is 11.7.